The fraction of sp³-hybridized carbons (Fsp3) is 0.158. The minimum atomic E-state index is -0.489. The maximum absolute atomic E-state index is 11.2. The largest absolute Gasteiger partial charge is 0.488 e. The van der Waals surface area contributed by atoms with Crippen LogP contribution >= 0.6 is 0 Å². The van der Waals surface area contributed by atoms with Crippen molar-refractivity contribution in [2.75, 3.05) is 5.73 Å². The van der Waals surface area contributed by atoms with Gasteiger partial charge in [-0.1, -0.05) is 68.4 Å². The van der Waals surface area contributed by atoms with Crippen molar-refractivity contribution >= 4 is 22.1 Å². The Hall–Kier alpha value is -3.08. The molecule has 0 spiro atoms. The minimum Gasteiger partial charge on any atom is -0.488 e. The second-order valence-corrected chi connectivity index (χ2v) is 4.88. The van der Waals surface area contributed by atoms with Gasteiger partial charge >= 0.3 is 0 Å². The molecule has 0 aliphatic rings. The molecule has 24 heavy (non-hydrogen) atoms. The molecule has 0 amide bonds. The van der Waals surface area contributed by atoms with E-state index in [1.807, 2.05) is 56.3 Å². The molecule has 5 nitrogen and oxygen atoms in total. The molecule has 0 fully saturated rings. The van der Waals surface area contributed by atoms with Crippen molar-refractivity contribution in [3.8, 4) is 5.75 Å². The monoisotopic (exact) mass is 324 g/mol. The summed E-state index contributed by atoms with van der Waals surface area (Å²) in [5.41, 5.74) is 6.91. The van der Waals surface area contributed by atoms with Crippen LogP contribution in [0.5, 0.6) is 5.75 Å². The first-order chi connectivity index (χ1) is 11.7. The molecule has 0 radical (unpaired) electrons. The average Bonchev–Trinajstić information content (AvgIpc) is 2.63. The summed E-state index contributed by atoms with van der Waals surface area (Å²) in [6.07, 6.45) is 0. The van der Waals surface area contributed by atoms with E-state index in [1.165, 1.54) is 6.07 Å². The zero-order chi connectivity index (χ0) is 17.5. The molecular weight excluding hydrogens is 304 g/mol. The highest BCUT2D eigenvalue weighted by Crippen LogP contribution is 2.37. The van der Waals surface area contributed by atoms with Crippen LogP contribution in [0.15, 0.2) is 60.7 Å². The summed E-state index contributed by atoms with van der Waals surface area (Å²) in [6.45, 7) is 4.34. The maximum Gasteiger partial charge on any atom is 0.296 e. The highest BCUT2D eigenvalue weighted by atomic mass is 16.6. The number of nitrogen functional groups attached to an aromatic ring is 1. The van der Waals surface area contributed by atoms with Gasteiger partial charge in [-0.2, -0.15) is 0 Å². The quantitative estimate of drug-likeness (QED) is 0.419. The van der Waals surface area contributed by atoms with E-state index in [2.05, 4.69) is 0 Å². The van der Waals surface area contributed by atoms with E-state index in [1.54, 1.807) is 12.1 Å². The lowest BCUT2D eigenvalue weighted by atomic mass is 10.1. The molecule has 0 heterocycles. The number of ether oxygens (including phenoxy) is 1. The van der Waals surface area contributed by atoms with Gasteiger partial charge in [0.25, 0.3) is 5.69 Å². The Kier molecular flexibility index (Phi) is 5.73. The fourth-order valence-corrected chi connectivity index (χ4v) is 2.36. The van der Waals surface area contributed by atoms with E-state index < -0.39 is 4.92 Å². The minimum absolute atomic E-state index is 0.137. The van der Waals surface area contributed by atoms with Gasteiger partial charge in [-0.05, 0) is 5.56 Å². The first-order valence-electron chi connectivity index (χ1n) is 7.79. The molecule has 5 heteroatoms. The molecule has 0 aromatic heterocycles. The second kappa shape index (κ2) is 7.97. The number of rotatable bonds is 4. The number of benzene rings is 3. The van der Waals surface area contributed by atoms with Crippen LogP contribution < -0.4 is 10.5 Å². The summed E-state index contributed by atoms with van der Waals surface area (Å²) < 4.78 is 5.79. The third kappa shape index (κ3) is 3.63. The van der Waals surface area contributed by atoms with Crippen molar-refractivity contribution in [1.29, 1.82) is 0 Å². The summed E-state index contributed by atoms with van der Waals surface area (Å²) in [5, 5.41) is 12.6. The Labute approximate surface area is 140 Å². The number of nitrogens with zero attached hydrogens (tertiary/aromatic N) is 1. The molecule has 0 unspecified atom stereocenters. The Morgan fingerprint density at radius 1 is 1.00 bits per heavy atom. The predicted molar refractivity (Wildman–Crippen MR) is 97.1 cm³/mol. The molecular formula is C19H20N2O3. The molecule has 3 rings (SSSR count). The SMILES string of the molecule is CC.Nc1c([N+](=O)[O-])cc(OCc2ccccc2)c2ccccc12. The smallest absolute Gasteiger partial charge is 0.296 e. The molecule has 0 bridgehead atoms. The van der Waals surface area contributed by atoms with E-state index in [4.69, 9.17) is 10.5 Å². The van der Waals surface area contributed by atoms with Gasteiger partial charge in [-0.25, -0.2) is 0 Å². The van der Waals surface area contributed by atoms with Crippen LogP contribution in [-0.4, -0.2) is 4.92 Å². The lowest BCUT2D eigenvalue weighted by Crippen LogP contribution is -2.00. The molecule has 124 valence electrons. The van der Waals surface area contributed by atoms with Crippen molar-refractivity contribution in [3.05, 3.63) is 76.3 Å². The number of hydrogen-bond acceptors (Lipinski definition) is 4. The zero-order valence-corrected chi connectivity index (χ0v) is 13.7. The van der Waals surface area contributed by atoms with Crippen LogP contribution in [0.25, 0.3) is 10.8 Å². The zero-order valence-electron chi connectivity index (χ0n) is 13.7. The molecule has 0 aliphatic carbocycles. The topological polar surface area (TPSA) is 78.4 Å². The summed E-state index contributed by atoms with van der Waals surface area (Å²) in [7, 11) is 0. The third-order valence-electron chi connectivity index (χ3n) is 3.46. The Morgan fingerprint density at radius 2 is 1.58 bits per heavy atom. The van der Waals surface area contributed by atoms with Gasteiger partial charge in [-0.15, -0.1) is 0 Å². The van der Waals surface area contributed by atoms with Gasteiger partial charge in [0.2, 0.25) is 0 Å². The predicted octanol–water partition coefficient (Wildman–Crippen LogP) is 4.94. The van der Waals surface area contributed by atoms with E-state index in [-0.39, 0.29) is 11.4 Å². The van der Waals surface area contributed by atoms with Gasteiger partial charge < -0.3 is 10.5 Å². The number of nitro benzene ring substituents is 1. The van der Waals surface area contributed by atoms with Gasteiger partial charge in [0.05, 0.1) is 11.0 Å². The molecule has 0 atom stereocenters. The number of nitro groups is 1. The number of anilines is 1. The number of hydrogen-bond donors (Lipinski definition) is 1. The van der Waals surface area contributed by atoms with Gasteiger partial charge in [-0.3, -0.25) is 10.1 Å². The number of fused-ring (bicyclic) bond motifs is 1. The average molecular weight is 324 g/mol. The van der Waals surface area contributed by atoms with Gasteiger partial charge in [0, 0.05) is 10.8 Å². The van der Waals surface area contributed by atoms with E-state index in [0.717, 1.165) is 10.9 Å². The summed E-state index contributed by atoms with van der Waals surface area (Å²) in [6, 6.07) is 18.3. The van der Waals surface area contributed by atoms with Crippen molar-refractivity contribution in [1.82, 2.24) is 0 Å². The molecule has 3 aromatic carbocycles. The van der Waals surface area contributed by atoms with Crippen LogP contribution in [0.2, 0.25) is 0 Å². The summed E-state index contributed by atoms with van der Waals surface area (Å²) in [4.78, 5) is 10.7. The summed E-state index contributed by atoms with van der Waals surface area (Å²) in [5.74, 6) is 0.459. The van der Waals surface area contributed by atoms with Crippen LogP contribution in [0, 0.1) is 10.1 Å². The van der Waals surface area contributed by atoms with Crippen molar-refractivity contribution in [3.63, 3.8) is 0 Å². The van der Waals surface area contributed by atoms with Crippen LogP contribution in [0.1, 0.15) is 19.4 Å². The standard InChI is InChI=1S/C17H14N2O3.C2H6/c18-17-14-9-5-4-8-13(14)16(10-15(17)19(20)21)22-11-12-6-2-1-3-7-12;1-2/h1-10H,11,18H2;1-2H3. The Bertz CT molecular complexity index is 833. The first kappa shape index (κ1) is 17.3. The lowest BCUT2D eigenvalue weighted by molar-refractivity contribution is -0.383. The highest BCUT2D eigenvalue weighted by molar-refractivity contribution is 6.01. The normalized spacial score (nSPS) is 9.92. The van der Waals surface area contributed by atoms with E-state index in [0.29, 0.717) is 17.7 Å². The van der Waals surface area contributed by atoms with Gasteiger partial charge in [0.15, 0.2) is 0 Å². The number of nitrogens with two attached hydrogens (primary N) is 1. The van der Waals surface area contributed by atoms with Crippen molar-refractivity contribution in [2.24, 2.45) is 0 Å². The molecule has 3 aromatic rings. The Morgan fingerprint density at radius 3 is 2.21 bits per heavy atom. The maximum atomic E-state index is 11.2. The Balaban J connectivity index is 0.00000100. The second-order valence-electron chi connectivity index (χ2n) is 4.88. The van der Waals surface area contributed by atoms with E-state index in [9.17, 15) is 10.1 Å². The highest BCUT2D eigenvalue weighted by Gasteiger charge is 2.18. The van der Waals surface area contributed by atoms with Gasteiger partial charge in [0.1, 0.15) is 18.0 Å². The van der Waals surface area contributed by atoms with Crippen molar-refractivity contribution < 1.29 is 9.66 Å². The van der Waals surface area contributed by atoms with E-state index >= 15 is 0 Å². The molecule has 0 aliphatic heterocycles. The molecule has 0 saturated heterocycles. The third-order valence-corrected chi connectivity index (χ3v) is 3.46. The van der Waals surface area contributed by atoms with Crippen LogP contribution in [-0.2, 0) is 6.61 Å². The molecule has 2 N–H and O–H groups in total. The lowest BCUT2D eigenvalue weighted by Gasteiger charge is -2.11. The van der Waals surface area contributed by atoms with Crippen LogP contribution in [0.4, 0.5) is 11.4 Å². The summed E-state index contributed by atoms with van der Waals surface area (Å²) >= 11 is 0. The van der Waals surface area contributed by atoms with Crippen LogP contribution in [0.3, 0.4) is 0 Å². The molecule has 0 saturated carbocycles. The first-order valence-corrected chi connectivity index (χ1v) is 7.79. The fourth-order valence-electron chi connectivity index (χ4n) is 2.36. The van der Waals surface area contributed by atoms with Crippen molar-refractivity contribution in [2.45, 2.75) is 20.5 Å².